The Kier molecular flexibility index (Phi) is 3.33. The molecule has 19 heavy (non-hydrogen) atoms. The monoisotopic (exact) mass is 328 g/mol. The van der Waals surface area contributed by atoms with Crippen LogP contribution in [0.1, 0.15) is 5.56 Å². The molecule has 1 N–H and O–H groups in total. The normalized spacial score (nSPS) is 10.5. The van der Waals surface area contributed by atoms with Crippen LogP contribution in [0.3, 0.4) is 0 Å². The fourth-order valence-corrected chi connectivity index (χ4v) is 3.49. The number of nitrogens with zero attached hydrogens (tertiary/aromatic N) is 1. The summed E-state index contributed by atoms with van der Waals surface area (Å²) in [6.45, 7) is 0. The minimum absolute atomic E-state index is 0.672. The van der Waals surface area contributed by atoms with Crippen molar-refractivity contribution in [2.45, 2.75) is 9.92 Å². The van der Waals surface area contributed by atoms with Crippen LogP contribution in [-0.2, 0) is 0 Å². The van der Waals surface area contributed by atoms with Crippen LogP contribution in [0.4, 0.5) is 0 Å². The number of benzene rings is 2. The Balaban J connectivity index is 2.02. The lowest BCUT2D eigenvalue weighted by Gasteiger charge is -2.03. The van der Waals surface area contributed by atoms with Crippen molar-refractivity contribution in [2.75, 3.05) is 0 Å². The third kappa shape index (κ3) is 2.40. The highest BCUT2D eigenvalue weighted by Gasteiger charge is 2.09. The fourth-order valence-electron chi connectivity index (χ4n) is 1.92. The molecule has 0 spiro atoms. The Labute approximate surface area is 123 Å². The molecule has 4 heteroatoms. The van der Waals surface area contributed by atoms with Crippen LogP contribution in [-0.4, -0.2) is 4.98 Å². The second kappa shape index (κ2) is 5.12. The highest BCUT2D eigenvalue weighted by atomic mass is 79.9. The van der Waals surface area contributed by atoms with Gasteiger partial charge in [-0.15, -0.1) is 0 Å². The summed E-state index contributed by atoms with van der Waals surface area (Å²) in [5.41, 5.74) is 1.78. The Bertz CT molecular complexity index is 753. The summed E-state index contributed by atoms with van der Waals surface area (Å²) < 4.78 is 0.830. The number of H-pyrrole nitrogens is 1. The molecule has 2 nitrogen and oxygen atoms in total. The molecular formula is C15H9BrN2S. The third-order valence-corrected chi connectivity index (χ3v) is 4.47. The first-order valence-electron chi connectivity index (χ1n) is 5.72. The fraction of sp³-hybridized carbons (Fsp3) is 0. The number of halogens is 1. The van der Waals surface area contributed by atoms with Crippen molar-refractivity contribution >= 4 is 38.6 Å². The van der Waals surface area contributed by atoms with Crippen molar-refractivity contribution in [3.05, 3.63) is 58.6 Å². The van der Waals surface area contributed by atoms with Crippen molar-refractivity contribution in [3.8, 4) is 6.07 Å². The molecule has 0 atom stereocenters. The molecule has 92 valence electrons. The zero-order valence-corrected chi connectivity index (χ0v) is 12.3. The van der Waals surface area contributed by atoms with Crippen LogP contribution in [0.25, 0.3) is 10.9 Å². The van der Waals surface area contributed by atoms with Crippen LogP contribution < -0.4 is 0 Å². The molecule has 0 amide bonds. The Morgan fingerprint density at radius 3 is 2.74 bits per heavy atom. The maximum atomic E-state index is 9.21. The van der Waals surface area contributed by atoms with E-state index in [4.69, 9.17) is 0 Å². The van der Waals surface area contributed by atoms with Gasteiger partial charge in [0.1, 0.15) is 6.07 Å². The average molecular weight is 329 g/mol. The topological polar surface area (TPSA) is 39.6 Å². The molecule has 3 rings (SSSR count). The summed E-state index contributed by atoms with van der Waals surface area (Å²) in [6.07, 6.45) is 0. The molecule has 0 radical (unpaired) electrons. The minimum Gasteiger partial charge on any atom is -0.349 e. The van der Waals surface area contributed by atoms with Gasteiger partial charge in [-0.1, -0.05) is 36.0 Å². The van der Waals surface area contributed by atoms with Crippen LogP contribution in [0.2, 0.25) is 0 Å². The van der Waals surface area contributed by atoms with Gasteiger partial charge in [-0.25, -0.2) is 0 Å². The van der Waals surface area contributed by atoms with Gasteiger partial charge in [0.25, 0.3) is 0 Å². The summed E-state index contributed by atoms with van der Waals surface area (Å²) >= 11 is 4.98. The lowest BCUT2D eigenvalue weighted by Crippen LogP contribution is -1.82. The van der Waals surface area contributed by atoms with Gasteiger partial charge in [0.2, 0.25) is 0 Å². The van der Waals surface area contributed by atoms with Crippen molar-refractivity contribution < 1.29 is 0 Å². The number of nitrogens with one attached hydrogen (secondary N) is 1. The molecule has 0 saturated heterocycles. The van der Waals surface area contributed by atoms with Gasteiger partial charge in [-0.05, 0) is 40.2 Å². The second-order valence-electron chi connectivity index (χ2n) is 4.05. The molecule has 0 aliphatic rings. The molecule has 0 fully saturated rings. The zero-order chi connectivity index (χ0) is 13.2. The molecule has 1 heterocycles. The van der Waals surface area contributed by atoms with Crippen molar-refractivity contribution in [3.63, 3.8) is 0 Å². The predicted octanol–water partition coefficient (Wildman–Crippen LogP) is 4.95. The first-order chi connectivity index (χ1) is 9.28. The number of fused-ring (bicyclic) bond motifs is 1. The molecule has 0 unspecified atom stereocenters. The van der Waals surface area contributed by atoms with E-state index >= 15 is 0 Å². The lowest BCUT2D eigenvalue weighted by molar-refractivity contribution is 1.23. The van der Waals surface area contributed by atoms with Crippen molar-refractivity contribution in [1.29, 1.82) is 5.26 Å². The highest BCUT2D eigenvalue weighted by Crippen LogP contribution is 2.34. The number of aromatic nitrogens is 1. The number of hydrogen-bond donors (Lipinski definition) is 1. The van der Waals surface area contributed by atoms with Crippen molar-refractivity contribution in [1.82, 2.24) is 4.98 Å². The highest BCUT2D eigenvalue weighted by molar-refractivity contribution is 9.10. The maximum absolute atomic E-state index is 9.21. The number of para-hydroxylation sites is 1. The Morgan fingerprint density at radius 1 is 1.11 bits per heavy atom. The molecule has 2 aromatic carbocycles. The van der Waals surface area contributed by atoms with Gasteiger partial charge in [-0.2, -0.15) is 5.26 Å². The Morgan fingerprint density at radius 2 is 1.95 bits per heavy atom. The second-order valence-corrected chi connectivity index (χ2v) is 5.99. The van der Waals surface area contributed by atoms with E-state index in [2.05, 4.69) is 39.1 Å². The van der Waals surface area contributed by atoms with Gasteiger partial charge < -0.3 is 4.98 Å². The van der Waals surface area contributed by atoms with E-state index in [-0.39, 0.29) is 0 Å². The molecule has 1 aromatic heterocycles. The smallest absolute Gasteiger partial charge is 0.102 e. The summed E-state index contributed by atoms with van der Waals surface area (Å²) in [7, 11) is 0. The molecule has 3 aromatic rings. The van der Waals surface area contributed by atoms with Gasteiger partial charge in [0.15, 0.2) is 0 Å². The van der Waals surface area contributed by atoms with Crippen LogP contribution in [0.5, 0.6) is 0 Å². The first-order valence-corrected chi connectivity index (χ1v) is 7.33. The summed E-state index contributed by atoms with van der Waals surface area (Å²) in [4.78, 5) is 4.30. The van der Waals surface area contributed by atoms with E-state index in [1.807, 2.05) is 36.4 Å². The molecule has 0 bridgehead atoms. The lowest BCUT2D eigenvalue weighted by atomic mass is 10.2. The number of hydrogen-bond acceptors (Lipinski definition) is 2. The standard InChI is InChI=1S/C15H9BrN2S/c16-12-5-3-7-14(11(12)9-17)19-15-8-10-4-1-2-6-13(10)18-15/h1-8,18H. The van der Waals surface area contributed by atoms with E-state index in [0.29, 0.717) is 5.56 Å². The molecule has 0 aliphatic carbocycles. The molecule has 0 aliphatic heterocycles. The van der Waals surface area contributed by atoms with Crippen LogP contribution in [0, 0.1) is 11.3 Å². The zero-order valence-electron chi connectivity index (χ0n) is 9.85. The van der Waals surface area contributed by atoms with E-state index in [1.165, 1.54) is 5.39 Å². The largest absolute Gasteiger partial charge is 0.349 e. The first kappa shape index (κ1) is 12.3. The van der Waals surface area contributed by atoms with Gasteiger partial charge in [-0.3, -0.25) is 0 Å². The molecular weight excluding hydrogens is 320 g/mol. The van der Waals surface area contributed by atoms with Gasteiger partial charge in [0, 0.05) is 20.3 Å². The third-order valence-electron chi connectivity index (χ3n) is 2.81. The Hall–Kier alpha value is -1.70. The van der Waals surface area contributed by atoms with E-state index < -0.39 is 0 Å². The SMILES string of the molecule is N#Cc1c(Br)cccc1Sc1cc2ccccc2[nH]1. The summed E-state index contributed by atoms with van der Waals surface area (Å²) in [5, 5.41) is 11.4. The quantitative estimate of drug-likeness (QED) is 0.722. The van der Waals surface area contributed by atoms with E-state index in [9.17, 15) is 5.26 Å². The van der Waals surface area contributed by atoms with E-state index in [1.54, 1.807) is 11.8 Å². The van der Waals surface area contributed by atoms with Crippen molar-refractivity contribution in [2.24, 2.45) is 0 Å². The van der Waals surface area contributed by atoms with Gasteiger partial charge in [0.05, 0.1) is 10.6 Å². The summed E-state index contributed by atoms with van der Waals surface area (Å²) in [5.74, 6) is 0. The van der Waals surface area contributed by atoms with E-state index in [0.717, 1.165) is 19.9 Å². The average Bonchev–Trinajstić information content (AvgIpc) is 2.81. The molecule has 0 saturated carbocycles. The number of rotatable bonds is 2. The van der Waals surface area contributed by atoms with Gasteiger partial charge >= 0.3 is 0 Å². The number of nitriles is 1. The number of aromatic amines is 1. The van der Waals surface area contributed by atoms with Crippen LogP contribution in [0.15, 0.2) is 62.9 Å². The van der Waals surface area contributed by atoms with Crippen LogP contribution >= 0.6 is 27.7 Å². The maximum Gasteiger partial charge on any atom is 0.102 e. The summed E-state index contributed by atoms with van der Waals surface area (Å²) in [6, 6.07) is 18.3. The predicted molar refractivity (Wildman–Crippen MR) is 81.3 cm³/mol. The minimum atomic E-state index is 0.672.